The molecule has 2 rings (SSSR count). The SMILES string of the molecule is CC(C)(C)OC(=O)NCC#Cc1cccc2c(N)cccc12. The first kappa shape index (κ1) is 15.7. The van der Waals surface area contributed by atoms with Crippen LogP contribution in [0.25, 0.3) is 10.8 Å². The van der Waals surface area contributed by atoms with Crippen LogP contribution in [0.5, 0.6) is 0 Å². The van der Waals surface area contributed by atoms with E-state index in [0.29, 0.717) is 0 Å². The average molecular weight is 296 g/mol. The number of fused-ring (bicyclic) bond motifs is 1. The fourth-order valence-electron chi connectivity index (χ4n) is 2.01. The maximum atomic E-state index is 11.5. The van der Waals surface area contributed by atoms with Gasteiger partial charge in [0.1, 0.15) is 5.60 Å². The van der Waals surface area contributed by atoms with E-state index in [1.807, 2.05) is 57.2 Å². The Kier molecular flexibility index (Phi) is 4.57. The molecular weight excluding hydrogens is 276 g/mol. The van der Waals surface area contributed by atoms with Crippen molar-refractivity contribution in [3.8, 4) is 11.8 Å². The highest BCUT2D eigenvalue weighted by Gasteiger charge is 2.14. The number of hydrogen-bond donors (Lipinski definition) is 2. The van der Waals surface area contributed by atoms with E-state index in [1.165, 1.54) is 0 Å². The molecule has 22 heavy (non-hydrogen) atoms. The number of nitrogens with one attached hydrogen (secondary N) is 1. The first-order valence-corrected chi connectivity index (χ1v) is 7.10. The second kappa shape index (κ2) is 6.40. The number of ether oxygens (including phenoxy) is 1. The summed E-state index contributed by atoms with van der Waals surface area (Å²) in [5.41, 5.74) is 7.06. The number of anilines is 1. The first-order chi connectivity index (χ1) is 10.4. The second-order valence-electron chi connectivity index (χ2n) is 5.91. The minimum atomic E-state index is -0.509. The molecule has 0 atom stereocenters. The van der Waals surface area contributed by atoms with Crippen molar-refractivity contribution < 1.29 is 9.53 Å². The lowest BCUT2D eigenvalue weighted by molar-refractivity contribution is 0.0535. The molecule has 0 saturated carbocycles. The van der Waals surface area contributed by atoms with E-state index in [-0.39, 0.29) is 6.54 Å². The molecule has 2 aromatic carbocycles. The molecule has 0 unspecified atom stereocenters. The zero-order valence-corrected chi connectivity index (χ0v) is 13.1. The van der Waals surface area contributed by atoms with E-state index < -0.39 is 11.7 Å². The van der Waals surface area contributed by atoms with Gasteiger partial charge in [-0.3, -0.25) is 0 Å². The van der Waals surface area contributed by atoms with Gasteiger partial charge in [-0.1, -0.05) is 36.1 Å². The molecule has 4 heteroatoms. The van der Waals surface area contributed by atoms with Crippen molar-refractivity contribution in [3.05, 3.63) is 42.0 Å². The lowest BCUT2D eigenvalue weighted by Crippen LogP contribution is -2.32. The van der Waals surface area contributed by atoms with Gasteiger partial charge < -0.3 is 15.8 Å². The molecule has 0 aliphatic rings. The van der Waals surface area contributed by atoms with Crippen LogP contribution in [0.1, 0.15) is 26.3 Å². The van der Waals surface area contributed by atoms with Crippen molar-refractivity contribution in [3.63, 3.8) is 0 Å². The van der Waals surface area contributed by atoms with Gasteiger partial charge in [0.25, 0.3) is 0 Å². The van der Waals surface area contributed by atoms with Gasteiger partial charge in [0.2, 0.25) is 0 Å². The Hall–Kier alpha value is -2.67. The number of nitrogen functional groups attached to an aromatic ring is 1. The third-order valence-corrected chi connectivity index (χ3v) is 2.90. The lowest BCUT2D eigenvalue weighted by atomic mass is 10.0. The number of nitrogens with two attached hydrogens (primary N) is 1. The van der Waals surface area contributed by atoms with Gasteiger partial charge in [0.15, 0.2) is 0 Å². The fraction of sp³-hybridized carbons (Fsp3) is 0.278. The van der Waals surface area contributed by atoms with Crippen LogP contribution in [0.3, 0.4) is 0 Å². The number of amides is 1. The van der Waals surface area contributed by atoms with E-state index in [0.717, 1.165) is 22.0 Å². The highest BCUT2D eigenvalue weighted by Crippen LogP contribution is 2.23. The third kappa shape index (κ3) is 4.16. The van der Waals surface area contributed by atoms with Crippen LogP contribution in [0.2, 0.25) is 0 Å². The Labute approximate surface area is 130 Å². The summed E-state index contributed by atoms with van der Waals surface area (Å²) in [6, 6.07) is 11.6. The standard InChI is InChI=1S/C18H20N2O2/c1-18(2,3)22-17(21)20-12-6-8-13-7-4-10-15-14(13)9-5-11-16(15)19/h4-5,7,9-11H,12,19H2,1-3H3,(H,20,21). The normalized spacial score (nSPS) is 10.7. The zero-order valence-electron chi connectivity index (χ0n) is 13.1. The molecule has 114 valence electrons. The largest absolute Gasteiger partial charge is 0.444 e. The highest BCUT2D eigenvalue weighted by molar-refractivity contribution is 5.96. The maximum absolute atomic E-state index is 11.5. The summed E-state index contributed by atoms with van der Waals surface area (Å²) in [6.07, 6.45) is -0.469. The number of hydrogen-bond acceptors (Lipinski definition) is 3. The van der Waals surface area contributed by atoms with Crippen LogP contribution in [0, 0.1) is 11.8 Å². The smallest absolute Gasteiger partial charge is 0.408 e. The summed E-state index contributed by atoms with van der Waals surface area (Å²) in [5, 5.41) is 4.60. The molecule has 0 heterocycles. The minimum absolute atomic E-state index is 0.230. The Morgan fingerprint density at radius 1 is 1.18 bits per heavy atom. The molecule has 0 aromatic heterocycles. The number of alkyl carbamates (subject to hydrolysis) is 1. The number of rotatable bonds is 1. The van der Waals surface area contributed by atoms with E-state index >= 15 is 0 Å². The maximum Gasteiger partial charge on any atom is 0.408 e. The Morgan fingerprint density at radius 2 is 1.86 bits per heavy atom. The molecule has 1 amide bonds. The van der Waals surface area contributed by atoms with Crippen molar-refractivity contribution in [1.29, 1.82) is 0 Å². The van der Waals surface area contributed by atoms with Crippen molar-refractivity contribution in [2.24, 2.45) is 0 Å². The highest BCUT2D eigenvalue weighted by atomic mass is 16.6. The molecule has 0 fully saturated rings. The summed E-state index contributed by atoms with van der Waals surface area (Å²) in [4.78, 5) is 11.5. The quantitative estimate of drug-likeness (QED) is 0.627. The average Bonchev–Trinajstić information content (AvgIpc) is 2.42. The van der Waals surface area contributed by atoms with Gasteiger partial charge in [-0.25, -0.2) is 4.79 Å². The van der Waals surface area contributed by atoms with Crippen LogP contribution in [0.4, 0.5) is 10.5 Å². The van der Waals surface area contributed by atoms with E-state index in [2.05, 4.69) is 17.2 Å². The zero-order chi connectivity index (χ0) is 16.2. The van der Waals surface area contributed by atoms with Crippen LogP contribution in [0.15, 0.2) is 36.4 Å². The van der Waals surface area contributed by atoms with Crippen LogP contribution in [-0.2, 0) is 4.74 Å². The molecule has 4 nitrogen and oxygen atoms in total. The van der Waals surface area contributed by atoms with Crippen molar-refractivity contribution in [1.82, 2.24) is 5.32 Å². The summed E-state index contributed by atoms with van der Waals surface area (Å²) < 4.78 is 5.14. The van der Waals surface area contributed by atoms with Gasteiger partial charge in [-0.2, -0.15) is 0 Å². The predicted octanol–water partition coefficient (Wildman–Crippen LogP) is 3.30. The molecule has 0 bridgehead atoms. The molecular formula is C18H20N2O2. The lowest BCUT2D eigenvalue weighted by Gasteiger charge is -2.19. The Morgan fingerprint density at radius 3 is 2.59 bits per heavy atom. The van der Waals surface area contributed by atoms with Gasteiger partial charge in [0, 0.05) is 16.6 Å². The summed E-state index contributed by atoms with van der Waals surface area (Å²) in [7, 11) is 0. The molecule has 0 aliphatic heterocycles. The summed E-state index contributed by atoms with van der Waals surface area (Å²) in [6.45, 7) is 5.68. The fourth-order valence-corrected chi connectivity index (χ4v) is 2.01. The van der Waals surface area contributed by atoms with E-state index in [9.17, 15) is 4.79 Å². The van der Waals surface area contributed by atoms with Gasteiger partial charge in [0.05, 0.1) is 6.54 Å². The third-order valence-electron chi connectivity index (χ3n) is 2.90. The van der Waals surface area contributed by atoms with E-state index in [1.54, 1.807) is 0 Å². The monoisotopic (exact) mass is 296 g/mol. The van der Waals surface area contributed by atoms with Crippen molar-refractivity contribution in [2.45, 2.75) is 26.4 Å². The number of benzene rings is 2. The van der Waals surface area contributed by atoms with Crippen LogP contribution < -0.4 is 11.1 Å². The summed E-state index contributed by atoms with van der Waals surface area (Å²) >= 11 is 0. The molecule has 0 saturated heterocycles. The second-order valence-corrected chi connectivity index (χ2v) is 5.91. The van der Waals surface area contributed by atoms with Gasteiger partial charge in [-0.05, 0) is 38.3 Å². The predicted molar refractivity (Wildman–Crippen MR) is 89.5 cm³/mol. The van der Waals surface area contributed by atoms with Crippen LogP contribution >= 0.6 is 0 Å². The molecule has 0 radical (unpaired) electrons. The Balaban J connectivity index is 2.07. The first-order valence-electron chi connectivity index (χ1n) is 7.10. The number of carbonyl (C=O) groups is 1. The molecule has 0 spiro atoms. The molecule has 0 aliphatic carbocycles. The van der Waals surface area contributed by atoms with Gasteiger partial charge >= 0.3 is 6.09 Å². The Bertz CT molecular complexity index is 749. The number of carbonyl (C=O) groups excluding carboxylic acids is 1. The van der Waals surface area contributed by atoms with Crippen LogP contribution in [-0.4, -0.2) is 18.2 Å². The minimum Gasteiger partial charge on any atom is -0.444 e. The van der Waals surface area contributed by atoms with E-state index in [4.69, 9.17) is 10.5 Å². The van der Waals surface area contributed by atoms with Crippen molar-refractivity contribution in [2.75, 3.05) is 12.3 Å². The van der Waals surface area contributed by atoms with Crippen molar-refractivity contribution >= 4 is 22.6 Å². The van der Waals surface area contributed by atoms with Gasteiger partial charge in [-0.15, -0.1) is 0 Å². The molecule has 3 N–H and O–H groups in total. The molecule has 2 aromatic rings. The summed E-state index contributed by atoms with van der Waals surface area (Å²) in [5.74, 6) is 5.98. The topological polar surface area (TPSA) is 64.3 Å².